The normalized spacial score (nSPS) is 15.2. The van der Waals surface area contributed by atoms with Gasteiger partial charge in [0, 0.05) is 18.7 Å². The smallest absolute Gasteiger partial charge is 0.322 e. The van der Waals surface area contributed by atoms with Crippen molar-refractivity contribution in [2.75, 3.05) is 23.9 Å². The summed E-state index contributed by atoms with van der Waals surface area (Å²) in [5.41, 5.74) is 1.69. The van der Waals surface area contributed by atoms with E-state index in [-0.39, 0.29) is 17.9 Å². The summed E-state index contributed by atoms with van der Waals surface area (Å²) in [6.45, 7) is 2.31. The SMILES string of the molecule is Cc1cnn(Cc2cccc(F)c2)c1NC(=O)N(C)C1CCSCC1. The third kappa shape index (κ3) is 4.34. The van der Waals surface area contributed by atoms with Crippen molar-refractivity contribution in [3.05, 3.63) is 47.4 Å². The molecule has 1 fully saturated rings. The standard InChI is InChI=1S/C18H23FN4OS/c1-13-11-20-23(12-14-4-3-5-15(19)10-14)17(13)21-18(24)22(2)16-6-8-25-9-7-16/h3-5,10-11,16H,6-9,12H2,1-2H3,(H,21,24). The average molecular weight is 362 g/mol. The van der Waals surface area contributed by atoms with Crippen LogP contribution in [0.1, 0.15) is 24.0 Å². The molecule has 1 aliphatic rings. The minimum absolute atomic E-state index is 0.124. The molecule has 0 atom stereocenters. The van der Waals surface area contributed by atoms with E-state index >= 15 is 0 Å². The second-order valence-electron chi connectivity index (χ2n) is 6.35. The van der Waals surface area contributed by atoms with Crippen LogP contribution in [-0.4, -0.2) is 45.3 Å². The Kier molecular flexibility index (Phi) is 5.63. The summed E-state index contributed by atoms with van der Waals surface area (Å²) in [4.78, 5) is 14.4. The number of aryl methyl sites for hydroxylation is 1. The molecule has 7 heteroatoms. The molecule has 0 aliphatic carbocycles. The number of nitrogens with one attached hydrogen (secondary N) is 1. The van der Waals surface area contributed by atoms with Gasteiger partial charge in [-0.3, -0.25) is 5.32 Å². The number of amides is 2. The number of carbonyl (C=O) groups is 1. The van der Waals surface area contributed by atoms with E-state index in [1.54, 1.807) is 21.8 Å². The molecule has 1 saturated heterocycles. The summed E-state index contributed by atoms with van der Waals surface area (Å²) < 4.78 is 15.1. The van der Waals surface area contributed by atoms with E-state index in [2.05, 4.69) is 10.4 Å². The molecule has 134 valence electrons. The Morgan fingerprint density at radius 1 is 1.44 bits per heavy atom. The van der Waals surface area contributed by atoms with Gasteiger partial charge in [0.1, 0.15) is 11.6 Å². The molecule has 1 aromatic carbocycles. The number of carbonyl (C=O) groups excluding carboxylic acids is 1. The van der Waals surface area contributed by atoms with Gasteiger partial charge in [0.15, 0.2) is 0 Å². The van der Waals surface area contributed by atoms with Gasteiger partial charge in [-0.25, -0.2) is 13.9 Å². The number of aromatic nitrogens is 2. The molecule has 2 amide bonds. The van der Waals surface area contributed by atoms with Crippen LogP contribution in [0.25, 0.3) is 0 Å². The van der Waals surface area contributed by atoms with E-state index in [9.17, 15) is 9.18 Å². The zero-order valence-corrected chi connectivity index (χ0v) is 15.4. The van der Waals surface area contributed by atoms with E-state index < -0.39 is 0 Å². The van der Waals surface area contributed by atoms with Crippen molar-refractivity contribution in [1.82, 2.24) is 14.7 Å². The monoisotopic (exact) mass is 362 g/mol. The highest BCUT2D eigenvalue weighted by Gasteiger charge is 2.23. The topological polar surface area (TPSA) is 50.2 Å². The largest absolute Gasteiger partial charge is 0.325 e. The summed E-state index contributed by atoms with van der Waals surface area (Å²) >= 11 is 1.94. The van der Waals surface area contributed by atoms with Gasteiger partial charge in [0.2, 0.25) is 0 Å². The number of halogens is 1. The molecule has 25 heavy (non-hydrogen) atoms. The third-order valence-electron chi connectivity index (χ3n) is 4.53. The highest BCUT2D eigenvalue weighted by molar-refractivity contribution is 7.99. The fourth-order valence-electron chi connectivity index (χ4n) is 3.00. The molecule has 5 nitrogen and oxygen atoms in total. The van der Waals surface area contributed by atoms with Crippen LogP contribution in [0.4, 0.5) is 15.0 Å². The lowest BCUT2D eigenvalue weighted by Crippen LogP contribution is -2.42. The number of rotatable bonds is 4. The molecule has 1 N–H and O–H groups in total. The van der Waals surface area contributed by atoms with E-state index in [0.717, 1.165) is 35.5 Å². The van der Waals surface area contributed by atoms with Crippen molar-refractivity contribution >= 4 is 23.6 Å². The lowest BCUT2D eigenvalue weighted by Gasteiger charge is -2.31. The summed E-state index contributed by atoms with van der Waals surface area (Å²) in [5.74, 6) is 2.57. The molecule has 0 saturated carbocycles. The van der Waals surface area contributed by atoms with Crippen LogP contribution in [0.15, 0.2) is 30.5 Å². The van der Waals surface area contributed by atoms with Crippen LogP contribution in [0.3, 0.4) is 0 Å². The van der Waals surface area contributed by atoms with Crippen molar-refractivity contribution < 1.29 is 9.18 Å². The van der Waals surface area contributed by atoms with Gasteiger partial charge in [-0.15, -0.1) is 0 Å². The van der Waals surface area contributed by atoms with E-state index in [4.69, 9.17) is 0 Å². The molecule has 2 aromatic rings. The van der Waals surface area contributed by atoms with Crippen molar-refractivity contribution in [2.45, 2.75) is 32.4 Å². The highest BCUT2D eigenvalue weighted by Crippen LogP contribution is 2.22. The number of hydrogen-bond acceptors (Lipinski definition) is 3. The van der Waals surface area contributed by atoms with Gasteiger partial charge in [-0.2, -0.15) is 16.9 Å². The minimum Gasteiger partial charge on any atom is -0.325 e. The maximum absolute atomic E-state index is 13.4. The Bertz CT molecular complexity index is 742. The molecule has 1 aliphatic heterocycles. The van der Waals surface area contributed by atoms with Crippen LogP contribution in [0.2, 0.25) is 0 Å². The number of urea groups is 1. The molecule has 2 heterocycles. The Labute approximate surface area is 151 Å². The number of benzene rings is 1. The molecule has 0 bridgehead atoms. The first-order chi connectivity index (χ1) is 12.0. The van der Waals surface area contributed by atoms with Crippen molar-refractivity contribution in [1.29, 1.82) is 0 Å². The predicted octanol–water partition coefficient (Wildman–Crippen LogP) is 3.74. The van der Waals surface area contributed by atoms with Crippen LogP contribution < -0.4 is 5.32 Å². The Morgan fingerprint density at radius 2 is 2.20 bits per heavy atom. The fourth-order valence-corrected chi connectivity index (χ4v) is 4.08. The quantitative estimate of drug-likeness (QED) is 0.901. The summed E-state index contributed by atoms with van der Waals surface area (Å²) in [7, 11) is 1.85. The molecular weight excluding hydrogens is 339 g/mol. The Balaban J connectivity index is 1.71. The molecular formula is C18H23FN4OS. The van der Waals surface area contributed by atoms with E-state index in [1.807, 2.05) is 31.8 Å². The lowest BCUT2D eigenvalue weighted by molar-refractivity contribution is 0.200. The molecule has 3 rings (SSSR count). The maximum Gasteiger partial charge on any atom is 0.322 e. The van der Waals surface area contributed by atoms with Crippen LogP contribution >= 0.6 is 11.8 Å². The second-order valence-corrected chi connectivity index (χ2v) is 7.57. The number of nitrogens with zero attached hydrogens (tertiary/aromatic N) is 3. The van der Waals surface area contributed by atoms with Gasteiger partial charge in [-0.1, -0.05) is 12.1 Å². The zero-order chi connectivity index (χ0) is 17.8. The molecule has 0 unspecified atom stereocenters. The first kappa shape index (κ1) is 17.8. The second kappa shape index (κ2) is 7.91. The number of thioether (sulfide) groups is 1. The van der Waals surface area contributed by atoms with Gasteiger partial charge < -0.3 is 4.90 Å². The maximum atomic E-state index is 13.4. The third-order valence-corrected chi connectivity index (χ3v) is 5.58. The minimum atomic E-state index is -0.276. The highest BCUT2D eigenvalue weighted by atomic mass is 32.2. The predicted molar refractivity (Wildman–Crippen MR) is 99.6 cm³/mol. The molecule has 1 aromatic heterocycles. The first-order valence-electron chi connectivity index (χ1n) is 8.43. The Morgan fingerprint density at radius 3 is 2.92 bits per heavy atom. The van der Waals surface area contributed by atoms with Crippen LogP contribution in [0.5, 0.6) is 0 Å². The van der Waals surface area contributed by atoms with E-state index in [1.165, 1.54) is 12.1 Å². The van der Waals surface area contributed by atoms with Gasteiger partial charge >= 0.3 is 6.03 Å². The lowest BCUT2D eigenvalue weighted by atomic mass is 10.1. The molecule has 0 spiro atoms. The summed E-state index contributed by atoms with van der Waals surface area (Å²) in [5, 5.41) is 7.30. The summed E-state index contributed by atoms with van der Waals surface area (Å²) in [6, 6.07) is 6.57. The fraction of sp³-hybridized carbons (Fsp3) is 0.444. The van der Waals surface area contributed by atoms with Gasteiger partial charge in [0.25, 0.3) is 0 Å². The Hall–Kier alpha value is -2.02. The van der Waals surface area contributed by atoms with Crippen molar-refractivity contribution in [2.24, 2.45) is 0 Å². The van der Waals surface area contributed by atoms with Gasteiger partial charge in [-0.05, 0) is 49.0 Å². The first-order valence-corrected chi connectivity index (χ1v) is 9.58. The average Bonchev–Trinajstić information content (AvgIpc) is 2.95. The van der Waals surface area contributed by atoms with Crippen LogP contribution in [0, 0.1) is 12.7 Å². The number of hydrogen-bond donors (Lipinski definition) is 1. The van der Waals surface area contributed by atoms with Gasteiger partial charge in [0.05, 0.1) is 12.7 Å². The van der Waals surface area contributed by atoms with Crippen molar-refractivity contribution in [3.8, 4) is 0 Å². The summed E-state index contributed by atoms with van der Waals surface area (Å²) in [6.07, 6.45) is 3.76. The van der Waals surface area contributed by atoms with E-state index in [0.29, 0.717) is 12.4 Å². The molecule has 0 radical (unpaired) electrons. The zero-order valence-electron chi connectivity index (χ0n) is 14.5. The number of anilines is 1. The van der Waals surface area contributed by atoms with Crippen molar-refractivity contribution in [3.63, 3.8) is 0 Å². The van der Waals surface area contributed by atoms with Crippen LogP contribution in [-0.2, 0) is 6.54 Å².